The Morgan fingerprint density at radius 1 is 0.347 bits per heavy atom. The summed E-state index contributed by atoms with van der Waals surface area (Å²) in [7, 11) is 0. The van der Waals surface area contributed by atoms with Gasteiger partial charge in [-0.05, 0) is 5.56 Å². The fourth-order valence-corrected chi connectivity index (χ4v) is 10.1. The Morgan fingerprint density at radius 2 is 0.613 bits per heavy atom. The second-order valence-electron chi connectivity index (χ2n) is 18.9. The van der Waals surface area contributed by atoms with Crippen molar-refractivity contribution in [2.75, 3.05) is 39.6 Å². The highest BCUT2D eigenvalue weighted by atomic mass is 16.8. The van der Waals surface area contributed by atoms with Gasteiger partial charge in [-0.1, -0.05) is 36.9 Å². The maximum Gasteiger partial charge on any atom is 0.188 e. The lowest BCUT2D eigenvalue weighted by Crippen LogP contribution is -2.69. The van der Waals surface area contributed by atoms with Gasteiger partial charge in [-0.2, -0.15) is 0 Å². The third-order valence-electron chi connectivity index (χ3n) is 14.2. The highest BCUT2D eigenvalue weighted by Crippen LogP contribution is 2.39. The van der Waals surface area contributed by atoms with E-state index in [9.17, 15) is 81.7 Å². The number of aliphatic hydroxyl groups excluding tert-OH is 16. The van der Waals surface area contributed by atoms with Gasteiger partial charge in [-0.15, -0.1) is 0 Å². The normalized spacial score (nSPS) is 50.0. The molecule has 1 aromatic carbocycles. The van der Waals surface area contributed by atoms with Gasteiger partial charge in [0.05, 0.1) is 52.5 Å². The summed E-state index contributed by atoms with van der Waals surface area (Å²) < 4.78 is 82.5. The zero-order valence-corrected chi connectivity index (χ0v) is 39.8. The molecule has 0 saturated carbocycles. The average Bonchev–Trinajstić information content (AvgIpc) is 3.41. The number of hydrogen-bond donors (Lipinski definition) is 16. The third-order valence-corrected chi connectivity index (χ3v) is 14.2. The van der Waals surface area contributed by atoms with Gasteiger partial charge in [0.1, 0.15) is 140 Å². The smallest absolute Gasteiger partial charge is 0.188 e. The Kier molecular flexibility index (Phi) is 20.2. The molecule has 16 N–H and O–H groups in total. The standard InChI is InChI=1S/C45H68O30/c1-2-62-38-30(60)45-69-20(12-50)36(38)74-43-29(59)25(55)34(18(10-48)67-43)72-41-27(57)23(53)32(16(8-46)65-41)70-40-26(56)22(52)33(17(9-47)64-40)71-42-28(58)24(54)35(19(11-49)66-42)73-44-31(61)39(37(75-45)21(13-51)68-44)63-14-15-6-4-3-5-7-15/h2-7,16-61H,1,8-14H2/t16-,17-,18-,19-,20-,21-,22-,23-,24-,25-,26-,27-,28-,29-,30-,31-,32-,33-,34-,35-,36+,37+,38-,39-,40-,41-,42-,43-,44-,45-/m1/s1. The Bertz CT molecular complexity index is 1910. The fourth-order valence-electron chi connectivity index (χ4n) is 10.1. The third kappa shape index (κ3) is 12.1. The van der Waals surface area contributed by atoms with Crippen LogP contribution in [0, 0.1) is 0 Å². The van der Waals surface area contributed by atoms with E-state index in [4.69, 9.17) is 66.3 Å². The summed E-state index contributed by atoms with van der Waals surface area (Å²) in [5, 5.41) is 178. The minimum absolute atomic E-state index is 0.228. The molecule has 22 saturated heterocycles. The molecule has 22 fully saturated rings. The molecule has 428 valence electrons. The maximum atomic E-state index is 12.0. The van der Waals surface area contributed by atoms with Gasteiger partial charge in [0.2, 0.25) is 0 Å². The molecule has 22 heterocycles. The minimum Gasteiger partial charge on any atom is -0.493 e. The molecule has 30 nitrogen and oxygen atoms in total. The van der Waals surface area contributed by atoms with Crippen LogP contribution in [0.3, 0.4) is 0 Å². The SMILES string of the molecule is C=CO[C@@H]1[C@@H](O)[C@H]2O[C@@H]3[C@H](OCc4ccccc4)[C@@H](O)[C@@H](O[C@H]4[C@H](O)[C@@H](O)[C@@H](O[C@H]5[C@H](O)[C@@H](O)[C@@H](O[C@H]6[C@H](O)[C@@H](O)[C@@H](O[C@H]7[C@H](O)[C@@H](O)[C@@H](O[C@H]1[C@@H](CO)O2)O[C@@H]7CO)O[C@@H]6CO)O[C@@H]5CO)O[C@@H]4CO)O[C@@H]3CO. The van der Waals surface area contributed by atoms with Gasteiger partial charge < -0.3 is 148 Å². The van der Waals surface area contributed by atoms with Gasteiger partial charge in [0, 0.05) is 0 Å². The molecule has 12 bridgehead atoms. The lowest BCUT2D eigenvalue weighted by Gasteiger charge is -2.51. The summed E-state index contributed by atoms with van der Waals surface area (Å²) in [4.78, 5) is 0. The molecule has 0 aromatic heterocycles. The van der Waals surface area contributed by atoms with Crippen molar-refractivity contribution in [3.8, 4) is 0 Å². The Morgan fingerprint density at radius 3 is 0.920 bits per heavy atom. The van der Waals surface area contributed by atoms with E-state index < -0.39 is 224 Å². The fraction of sp³-hybridized carbons (Fsp3) is 0.822. The first-order valence-electron chi connectivity index (χ1n) is 24.3. The molecule has 0 spiro atoms. The molecule has 0 aliphatic carbocycles. The first kappa shape index (κ1) is 58.7. The highest BCUT2D eigenvalue weighted by Gasteiger charge is 2.59. The second kappa shape index (κ2) is 25.8. The number of hydrogen-bond acceptors (Lipinski definition) is 30. The van der Waals surface area contributed by atoms with Crippen molar-refractivity contribution < 1.29 is 148 Å². The molecule has 0 amide bonds. The van der Waals surface area contributed by atoms with Crippen LogP contribution in [0.2, 0.25) is 0 Å². The molecule has 75 heavy (non-hydrogen) atoms. The monoisotopic (exact) mass is 1090 g/mol. The molecule has 30 heteroatoms. The maximum absolute atomic E-state index is 12.0. The average molecular weight is 1090 g/mol. The molecule has 0 unspecified atom stereocenters. The van der Waals surface area contributed by atoms with Crippen molar-refractivity contribution in [2.24, 2.45) is 0 Å². The molecule has 22 aliphatic heterocycles. The molecule has 23 rings (SSSR count). The van der Waals surface area contributed by atoms with Crippen LogP contribution in [-0.4, -0.2) is 306 Å². The van der Waals surface area contributed by atoms with Gasteiger partial charge in [-0.25, -0.2) is 0 Å². The first-order chi connectivity index (χ1) is 36.0. The van der Waals surface area contributed by atoms with E-state index in [0.717, 1.165) is 6.26 Å². The largest absolute Gasteiger partial charge is 0.493 e. The Balaban J connectivity index is 1.14. The van der Waals surface area contributed by atoms with Crippen molar-refractivity contribution in [1.82, 2.24) is 0 Å². The zero-order valence-electron chi connectivity index (χ0n) is 39.8. The number of benzene rings is 1. The van der Waals surface area contributed by atoms with Crippen LogP contribution in [0.4, 0.5) is 0 Å². The molecule has 1 aromatic rings. The van der Waals surface area contributed by atoms with E-state index in [2.05, 4.69) is 6.58 Å². The topological polar surface area (TPSA) is 453 Å². The molecule has 30 atom stereocenters. The van der Waals surface area contributed by atoms with Crippen LogP contribution in [0.5, 0.6) is 0 Å². The van der Waals surface area contributed by atoms with E-state index in [0.29, 0.717) is 5.56 Å². The van der Waals surface area contributed by atoms with Crippen LogP contribution in [0.25, 0.3) is 0 Å². The summed E-state index contributed by atoms with van der Waals surface area (Å²) >= 11 is 0. The van der Waals surface area contributed by atoms with Crippen LogP contribution < -0.4 is 0 Å². The van der Waals surface area contributed by atoms with E-state index >= 15 is 0 Å². The summed E-state index contributed by atoms with van der Waals surface area (Å²) in [6.07, 6.45) is -55.1. The number of rotatable bonds is 11. The van der Waals surface area contributed by atoms with Crippen molar-refractivity contribution in [3.05, 3.63) is 48.7 Å². The van der Waals surface area contributed by atoms with E-state index in [1.807, 2.05) is 0 Å². The molecule has 22 aliphatic rings. The first-order valence-corrected chi connectivity index (χ1v) is 24.3. The summed E-state index contributed by atoms with van der Waals surface area (Å²) in [5.41, 5.74) is 0.578. The van der Waals surface area contributed by atoms with E-state index in [1.165, 1.54) is 0 Å². The van der Waals surface area contributed by atoms with Crippen molar-refractivity contribution in [3.63, 3.8) is 0 Å². The molecular weight excluding hydrogens is 1020 g/mol. The van der Waals surface area contributed by atoms with Crippen molar-refractivity contribution >= 4 is 0 Å². The summed E-state index contributed by atoms with van der Waals surface area (Å²) in [5.74, 6) is 0. The quantitative estimate of drug-likeness (QED) is 0.0915. The second-order valence-corrected chi connectivity index (χ2v) is 18.9. The van der Waals surface area contributed by atoms with Crippen LogP contribution in [0.15, 0.2) is 43.2 Å². The van der Waals surface area contributed by atoms with Crippen LogP contribution >= 0.6 is 0 Å². The van der Waals surface area contributed by atoms with Gasteiger partial charge in [0.25, 0.3) is 0 Å². The summed E-state index contributed by atoms with van der Waals surface area (Å²) in [6, 6.07) is 8.51. The highest BCUT2D eigenvalue weighted by molar-refractivity contribution is 5.14. The number of aliphatic hydroxyl groups is 16. The lowest BCUT2D eigenvalue weighted by atomic mass is 9.94. The predicted molar refractivity (Wildman–Crippen MR) is 234 cm³/mol. The van der Waals surface area contributed by atoms with Crippen LogP contribution in [0.1, 0.15) is 5.56 Å². The van der Waals surface area contributed by atoms with Crippen LogP contribution in [-0.2, 0) is 72.9 Å². The molecule has 0 radical (unpaired) electrons. The Labute approximate surface area is 426 Å². The lowest BCUT2D eigenvalue weighted by molar-refractivity contribution is -0.405. The Hall–Kier alpha value is -2.40. The number of ether oxygens (including phenoxy) is 14. The van der Waals surface area contributed by atoms with Crippen molar-refractivity contribution in [1.29, 1.82) is 0 Å². The van der Waals surface area contributed by atoms with E-state index in [1.54, 1.807) is 30.3 Å². The zero-order chi connectivity index (χ0) is 54.0. The van der Waals surface area contributed by atoms with Gasteiger partial charge in [0.15, 0.2) is 43.8 Å². The van der Waals surface area contributed by atoms with Gasteiger partial charge in [-0.3, -0.25) is 0 Å². The minimum atomic E-state index is -2.15. The molecular formula is C45H68O30. The summed E-state index contributed by atoms with van der Waals surface area (Å²) in [6.45, 7) is -2.47. The van der Waals surface area contributed by atoms with E-state index in [-0.39, 0.29) is 6.61 Å². The predicted octanol–water partition coefficient (Wildman–Crippen LogP) is -9.66. The van der Waals surface area contributed by atoms with Crippen molar-refractivity contribution in [2.45, 2.75) is 191 Å². The van der Waals surface area contributed by atoms with Gasteiger partial charge >= 0.3 is 0 Å².